The van der Waals surface area contributed by atoms with Crippen molar-refractivity contribution in [3.63, 3.8) is 0 Å². The molecule has 0 unspecified atom stereocenters. The summed E-state index contributed by atoms with van der Waals surface area (Å²) in [5.74, 6) is 0.734. The maximum Gasteiger partial charge on any atom is 0.228 e. The zero-order valence-corrected chi connectivity index (χ0v) is 17.8. The third-order valence-electron chi connectivity index (χ3n) is 4.45. The largest absolute Gasteiger partial charge is 0.326 e. The normalized spacial score (nSPS) is 11.1. The molecule has 0 aliphatic heterocycles. The number of amides is 2. The molecule has 0 saturated carbocycles. The first-order valence-electron chi connectivity index (χ1n) is 9.88. The molecule has 1 aromatic carbocycles. The van der Waals surface area contributed by atoms with E-state index in [9.17, 15) is 9.59 Å². The van der Waals surface area contributed by atoms with E-state index in [1.165, 1.54) is 0 Å². The van der Waals surface area contributed by atoms with E-state index in [0.717, 1.165) is 29.2 Å². The van der Waals surface area contributed by atoms with Crippen LogP contribution in [-0.4, -0.2) is 21.6 Å². The Kier molecular flexibility index (Phi) is 7.38. The first-order chi connectivity index (χ1) is 13.2. The Hall–Kier alpha value is -2.63. The molecule has 6 heteroatoms. The van der Waals surface area contributed by atoms with Gasteiger partial charge in [0.2, 0.25) is 11.8 Å². The van der Waals surface area contributed by atoms with Gasteiger partial charge in [-0.05, 0) is 49.9 Å². The van der Waals surface area contributed by atoms with Crippen molar-refractivity contribution in [2.24, 2.45) is 11.8 Å². The van der Waals surface area contributed by atoms with Crippen molar-refractivity contribution in [1.82, 2.24) is 9.78 Å². The summed E-state index contributed by atoms with van der Waals surface area (Å²) in [4.78, 5) is 24.3. The second-order valence-electron chi connectivity index (χ2n) is 8.17. The molecule has 1 heterocycles. The molecule has 0 bridgehead atoms. The molecule has 0 aliphatic carbocycles. The molecular formula is C22H32N4O2. The van der Waals surface area contributed by atoms with Gasteiger partial charge in [0.25, 0.3) is 0 Å². The van der Waals surface area contributed by atoms with Crippen LogP contribution in [0.5, 0.6) is 0 Å². The average Bonchev–Trinajstić information content (AvgIpc) is 2.82. The summed E-state index contributed by atoms with van der Waals surface area (Å²) in [6.07, 6.45) is 0.782. The van der Waals surface area contributed by atoms with E-state index < -0.39 is 0 Å². The molecule has 2 rings (SSSR count). The summed E-state index contributed by atoms with van der Waals surface area (Å²) in [5.41, 5.74) is 4.36. The molecule has 28 heavy (non-hydrogen) atoms. The lowest BCUT2D eigenvalue weighted by Crippen LogP contribution is -2.16. The van der Waals surface area contributed by atoms with Crippen molar-refractivity contribution >= 4 is 23.2 Å². The molecule has 0 radical (unpaired) electrons. The van der Waals surface area contributed by atoms with Crippen LogP contribution >= 0.6 is 0 Å². The number of aryl methyl sites for hydroxylation is 1. The quantitative estimate of drug-likeness (QED) is 0.711. The molecule has 2 N–H and O–H groups in total. The highest BCUT2D eigenvalue weighted by Crippen LogP contribution is 2.18. The van der Waals surface area contributed by atoms with Gasteiger partial charge in [0.05, 0.1) is 12.1 Å². The number of carbonyl (C=O) groups excluding carboxylic acids is 2. The fraction of sp³-hybridized carbons (Fsp3) is 0.500. The Balaban J connectivity index is 1.96. The molecule has 2 aromatic rings. The monoisotopic (exact) mass is 384 g/mol. The van der Waals surface area contributed by atoms with Crippen LogP contribution in [0.2, 0.25) is 0 Å². The van der Waals surface area contributed by atoms with Gasteiger partial charge in [-0.25, -0.2) is 0 Å². The minimum atomic E-state index is -0.0770. The average molecular weight is 385 g/mol. The van der Waals surface area contributed by atoms with Crippen LogP contribution in [0.25, 0.3) is 0 Å². The highest BCUT2D eigenvalue weighted by atomic mass is 16.2. The van der Waals surface area contributed by atoms with Crippen molar-refractivity contribution in [3.8, 4) is 0 Å². The van der Waals surface area contributed by atoms with Crippen LogP contribution in [-0.2, 0) is 22.6 Å². The summed E-state index contributed by atoms with van der Waals surface area (Å²) in [7, 11) is 0. The van der Waals surface area contributed by atoms with Crippen LogP contribution in [0.4, 0.5) is 11.4 Å². The van der Waals surface area contributed by atoms with Crippen LogP contribution in [0.15, 0.2) is 24.3 Å². The van der Waals surface area contributed by atoms with E-state index in [1.807, 2.05) is 32.4 Å². The topological polar surface area (TPSA) is 76.0 Å². The predicted molar refractivity (Wildman–Crippen MR) is 113 cm³/mol. The fourth-order valence-electron chi connectivity index (χ4n) is 3.10. The highest BCUT2D eigenvalue weighted by molar-refractivity contribution is 5.94. The van der Waals surface area contributed by atoms with Gasteiger partial charge in [-0.15, -0.1) is 0 Å². The van der Waals surface area contributed by atoms with Crippen molar-refractivity contribution in [3.05, 3.63) is 41.2 Å². The van der Waals surface area contributed by atoms with Crippen molar-refractivity contribution < 1.29 is 9.59 Å². The van der Waals surface area contributed by atoms with Crippen LogP contribution in [0, 0.1) is 25.7 Å². The molecule has 0 spiro atoms. The second kappa shape index (κ2) is 9.53. The third kappa shape index (κ3) is 6.22. The van der Waals surface area contributed by atoms with Crippen LogP contribution < -0.4 is 10.6 Å². The van der Waals surface area contributed by atoms with Crippen LogP contribution in [0.3, 0.4) is 0 Å². The van der Waals surface area contributed by atoms with Crippen molar-refractivity contribution in [2.75, 3.05) is 10.6 Å². The lowest BCUT2D eigenvalue weighted by molar-refractivity contribution is -0.117. The fourth-order valence-corrected chi connectivity index (χ4v) is 3.10. The third-order valence-corrected chi connectivity index (χ3v) is 4.45. The summed E-state index contributed by atoms with van der Waals surface area (Å²) in [6.45, 7) is 13.1. The van der Waals surface area contributed by atoms with Gasteiger partial charge in [0, 0.05) is 35.6 Å². The van der Waals surface area contributed by atoms with E-state index in [0.29, 0.717) is 30.4 Å². The summed E-state index contributed by atoms with van der Waals surface area (Å²) in [5, 5.41) is 10.3. The van der Waals surface area contributed by atoms with Gasteiger partial charge in [-0.3, -0.25) is 14.3 Å². The first-order valence-corrected chi connectivity index (χ1v) is 9.88. The highest BCUT2D eigenvalue weighted by Gasteiger charge is 2.16. The molecule has 6 nitrogen and oxygen atoms in total. The van der Waals surface area contributed by atoms with Gasteiger partial charge in [0.1, 0.15) is 0 Å². The number of rotatable bonds is 8. The van der Waals surface area contributed by atoms with E-state index in [4.69, 9.17) is 0 Å². The number of carbonyl (C=O) groups is 2. The number of nitrogens with zero attached hydrogens (tertiary/aromatic N) is 2. The van der Waals surface area contributed by atoms with E-state index in [2.05, 4.69) is 29.6 Å². The first kappa shape index (κ1) is 21.7. The molecule has 1 aromatic heterocycles. The summed E-state index contributed by atoms with van der Waals surface area (Å²) in [6, 6.07) is 7.19. The predicted octanol–water partition coefficient (Wildman–Crippen LogP) is 4.32. The minimum absolute atomic E-state index is 0.00357. The Morgan fingerprint density at radius 2 is 1.46 bits per heavy atom. The lowest BCUT2D eigenvalue weighted by atomic mass is 10.1. The van der Waals surface area contributed by atoms with Gasteiger partial charge in [0.15, 0.2) is 0 Å². The Morgan fingerprint density at radius 3 is 1.96 bits per heavy atom. The molecule has 0 atom stereocenters. The smallest absolute Gasteiger partial charge is 0.228 e. The summed E-state index contributed by atoms with van der Waals surface area (Å²) < 4.78 is 1.98. The van der Waals surface area contributed by atoms with E-state index in [-0.39, 0.29) is 11.8 Å². The number of benzene rings is 1. The molecular weight excluding hydrogens is 352 g/mol. The number of anilines is 2. The number of aromatic nitrogens is 2. The Labute approximate surface area is 167 Å². The van der Waals surface area contributed by atoms with E-state index in [1.54, 1.807) is 24.3 Å². The van der Waals surface area contributed by atoms with Gasteiger partial charge >= 0.3 is 0 Å². The molecule has 2 amide bonds. The molecule has 0 saturated heterocycles. The summed E-state index contributed by atoms with van der Waals surface area (Å²) >= 11 is 0. The maximum absolute atomic E-state index is 12.5. The van der Waals surface area contributed by atoms with Gasteiger partial charge in [-0.2, -0.15) is 5.10 Å². The zero-order chi connectivity index (χ0) is 20.8. The maximum atomic E-state index is 12.5. The van der Waals surface area contributed by atoms with Crippen molar-refractivity contribution in [2.45, 2.75) is 60.9 Å². The lowest BCUT2D eigenvalue weighted by Gasteiger charge is -2.10. The number of hydrogen-bond donors (Lipinski definition) is 2. The molecule has 0 aliphatic rings. The zero-order valence-electron chi connectivity index (χ0n) is 17.8. The number of nitrogens with one attached hydrogen (secondary N) is 2. The standard InChI is InChI=1S/C22H32N4O2/c1-14(2)11-21(27)23-18-7-9-19(10-8-18)24-22(28)12-20-16(5)25-26(17(20)6)13-15(3)4/h7-10,14-15H,11-13H2,1-6H3,(H,23,27)(H,24,28). The molecule has 0 fully saturated rings. The minimum Gasteiger partial charge on any atom is -0.326 e. The Bertz CT molecular complexity index is 820. The SMILES string of the molecule is Cc1nn(CC(C)C)c(C)c1CC(=O)Nc1ccc(NC(=O)CC(C)C)cc1. The van der Waals surface area contributed by atoms with Gasteiger partial charge < -0.3 is 10.6 Å². The van der Waals surface area contributed by atoms with Crippen LogP contribution in [0.1, 0.15) is 51.1 Å². The molecule has 152 valence electrons. The Morgan fingerprint density at radius 1 is 0.929 bits per heavy atom. The second-order valence-corrected chi connectivity index (χ2v) is 8.17. The number of hydrogen-bond acceptors (Lipinski definition) is 3. The van der Waals surface area contributed by atoms with Gasteiger partial charge in [-0.1, -0.05) is 27.7 Å². The van der Waals surface area contributed by atoms with Crippen molar-refractivity contribution in [1.29, 1.82) is 0 Å². The van der Waals surface area contributed by atoms with E-state index >= 15 is 0 Å².